The number of sulfonamides is 1. The van der Waals surface area contributed by atoms with E-state index in [2.05, 4.69) is 15.1 Å². The molecule has 2 amide bonds. The van der Waals surface area contributed by atoms with Crippen LogP contribution in [-0.4, -0.2) is 31.3 Å². The monoisotopic (exact) mass is 500 g/mol. The number of nitrogens with zero attached hydrogens (tertiary/aromatic N) is 2. The molecule has 0 aliphatic carbocycles. The number of amides is 2. The normalized spacial score (nSPS) is 14.6. The molecule has 11 heteroatoms. The molecule has 3 aromatic rings. The summed E-state index contributed by atoms with van der Waals surface area (Å²) in [4.78, 5) is 25.6. The molecule has 0 fully saturated rings. The van der Waals surface area contributed by atoms with Crippen molar-refractivity contribution in [1.29, 1.82) is 0 Å². The Bertz CT molecular complexity index is 1270. The molecular formula is C22H20N4O4S3. The van der Waals surface area contributed by atoms with Gasteiger partial charge in [0, 0.05) is 10.6 Å². The number of anilines is 2. The number of hydrogen-bond acceptors (Lipinski definition) is 7. The van der Waals surface area contributed by atoms with E-state index in [4.69, 9.17) is 0 Å². The van der Waals surface area contributed by atoms with Crippen LogP contribution in [-0.2, 0) is 19.6 Å². The first kappa shape index (κ1) is 23.0. The van der Waals surface area contributed by atoms with E-state index in [1.54, 1.807) is 60.8 Å². The minimum atomic E-state index is -3.61. The van der Waals surface area contributed by atoms with E-state index in [1.165, 1.54) is 16.8 Å². The zero-order chi connectivity index (χ0) is 23.4. The largest absolute Gasteiger partial charge is 0.311 e. The maximum absolute atomic E-state index is 12.6. The van der Waals surface area contributed by atoms with Gasteiger partial charge in [-0.15, -0.1) is 23.1 Å². The molecule has 1 aliphatic heterocycles. The summed E-state index contributed by atoms with van der Waals surface area (Å²) >= 11 is 2.46. The minimum Gasteiger partial charge on any atom is -0.311 e. The van der Waals surface area contributed by atoms with Gasteiger partial charge in [-0.1, -0.05) is 24.3 Å². The maximum atomic E-state index is 12.6. The van der Waals surface area contributed by atoms with Gasteiger partial charge in [-0.2, -0.15) is 10.1 Å². The highest BCUT2D eigenvalue weighted by atomic mass is 32.2. The molecule has 2 aromatic carbocycles. The van der Waals surface area contributed by atoms with Crippen LogP contribution >= 0.6 is 23.1 Å². The summed E-state index contributed by atoms with van der Waals surface area (Å²) in [5.41, 5.74) is 1.08. The molecule has 2 N–H and O–H groups in total. The van der Waals surface area contributed by atoms with Gasteiger partial charge in [-0.3, -0.25) is 14.3 Å². The van der Waals surface area contributed by atoms with Crippen LogP contribution in [0.3, 0.4) is 0 Å². The average molecular weight is 501 g/mol. The average Bonchev–Trinajstić information content (AvgIpc) is 3.46. The van der Waals surface area contributed by atoms with E-state index >= 15 is 0 Å². The van der Waals surface area contributed by atoms with E-state index in [9.17, 15) is 18.0 Å². The van der Waals surface area contributed by atoms with Crippen molar-refractivity contribution in [3.8, 4) is 0 Å². The van der Waals surface area contributed by atoms with E-state index < -0.39 is 15.3 Å². The second-order valence-corrected chi connectivity index (χ2v) is 11.3. The van der Waals surface area contributed by atoms with Gasteiger partial charge in [0.1, 0.15) is 10.0 Å². The zero-order valence-corrected chi connectivity index (χ0v) is 19.9. The van der Waals surface area contributed by atoms with Crippen molar-refractivity contribution in [3.63, 3.8) is 0 Å². The van der Waals surface area contributed by atoms with Gasteiger partial charge in [0.25, 0.3) is 15.9 Å². The van der Waals surface area contributed by atoms with Crippen LogP contribution < -0.4 is 15.0 Å². The molecule has 4 rings (SSSR count). The Morgan fingerprint density at radius 2 is 1.82 bits per heavy atom. The third-order valence-electron chi connectivity index (χ3n) is 4.59. The second-order valence-electron chi connectivity index (χ2n) is 7.08. The van der Waals surface area contributed by atoms with Crippen molar-refractivity contribution < 1.29 is 18.0 Å². The third kappa shape index (κ3) is 5.62. The van der Waals surface area contributed by atoms with Crippen molar-refractivity contribution in [1.82, 2.24) is 5.32 Å². The van der Waals surface area contributed by atoms with Crippen LogP contribution in [0.1, 0.15) is 13.3 Å². The summed E-state index contributed by atoms with van der Waals surface area (Å²) < 4.78 is 27.4. The summed E-state index contributed by atoms with van der Waals surface area (Å²) in [7, 11) is -3.61. The smallest absolute Gasteiger partial charge is 0.271 e. The fraction of sp³-hybridized carbons (Fsp3) is 0.136. The Kier molecular flexibility index (Phi) is 6.82. The predicted molar refractivity (Wildman–Crippen MR) is 131 cm³/mol. The molecule has 170 valence electrons. The van der Waals surface area contributed by atoms with Gasteiger partial charge in [-0.25, -0.2) is 8.42 Å². The highest BCUT2D eigenvalue weighted by Gasteiger charge is 2.27. The summed E-state index contributed by atoms with van der Waals surface area (Å²) in [5, 5.41) is 9.48. The summed E-state index contributed by atoms with van der Waals surface area (Å²) in [6.07, 6.45) is 0.0249. The topological polar surface area (TPSA) is 108 Å². The lowest BCUT2D eigenvalue weighted by Crippen LogP contribution is -2.35. The molecule has 8 nitrogen and oxygen atoms in total. The lowest BCUT2D eigenvalue weighted by Gasteiger charge is -2.12. The Balaban J connectivity index is 1.34. The number of thioether (sulfide) groups is 1. The molecule has 2 heterocycles. The van der Waals surface area contributed by atoms with Crippen LogP contribution in [0.25, 0.3) is 0 Å². The van der Waals surface area contributed by atoms with Gasteiger partial charge in [-0.05, 0) is 54.8 Å². The van der Waals surface area contributed by atoms with Gasteiger partial charge in [0.05, 0.1) is 17.4 Å². The van der Waals surface area contributed by atoms with E-state index in [0.29, 0.717) is 17.2 Å². The lowest BCUT2D eigenvalue weighted by atomic mass is 10.3. The van der Waals surface area contributed by atoms with Crippen molar-refractivity contribution in [2.24, 2.45) is 5.10 Å². The van der Waals surface area contributed by atoms with Crippen LogP contribution in [0.2, 0.25) is 0 Å². The van der Waals surface area contributed by atoms with Crippen molar-refractivity contribution in [2.75, 3.05) is 9.73 Å². The Hall–Kier alpha value is -3.15. The number of carbonyl (C=O) groups is 2. The Labute approximate surface area is 199 Å². The first-order valence-electron chi connectivity index (χ1n) is 9.91. The van der Waals surface area contributed by atoms with E-state index in [1.807, 2.05) is 18.2 Å². The van der Waals surface area contributed by atoms with Gasteiger partial charge < -0.3 is 5.32 Å². The lowest BCUT2D eigenvalue weighted by molar-refractivity contribution is -0.118. The molecule has 1 atom stereocenters. The number of amidine groups is 1. The highest BCUT2D eigenvalue weighted by Crippen LogP contribution is 2.27. The molecule has 0 radical (unpaired) electrons. The SMILES string of the molecule is CC(Sc1ccc(NS(=O)(=O)c2cccs2)cc1)C(=O)NC1=NN(c2ccccc2)C(=O)C1. The van der Waals surface area contributed by atoms with Crippen LogP contribution in [0, 0.1) is 0 Å². The van der Waals surface area contributed by atoms with Crippen LogP contribution in [0.4, 0.5) is 11.4 Å². The van der Waals surface area contributed by atoms with Crippen LogP contribution in [0.5, 0.6) is 0 Å². The van der Waals surface area contributed by atoms with Gasteiger partial charge in [0.2, 0.25) is 5.91 Å². The standard InChI is InChI=1S/C22H20N4O4S3/c1-15(22(28)23-19-14-20(27)26(24-19)17-6-3-2-4-7-17)32-18-11-9-16(10-12-18)25-33(29,30)21-8-5-13-31-21/h2-13,15,25H,14H2,1H3,(H,23,24,28). The number of benzene rings is 2. The van der Waals surface area contributed by atoms with Gasteiger partial charge >= 0.3 is 0 Å². The fourth-order valence-electron chi connectivity index (χ4n) is 2.99. The van der Waals surface area contributed by atoms with E-state index in [-0.39, 0.29) is 22.4 Å². The predicted octanol–water partition coefficient (Wildman–Crippen LogP) is 3.90. The number of thiophene rings is 1. The molecule has 0 spiro atoms. The number of carbonyl (C=O) groups excluding carboxylic acids is 2. The first-order valence-corrected chi connectivity index (χ1v) is 13.2. The number of hydrazone groups is 1. The quantitative estimate of drug-likeness (QED) is 0.479. The zero-order valence-electron chi connectivity index (χ0n) is 17.5. The number of nitrogens with one attached hydrogen (secondary N) is 2. The first-order chi connectivity index (χ1) is 15.8. The molecular weight excluding hydrogens is 480 g/mol. The highest BCUT2D eigenvalue weighted by molar-refractivity contribution is 8.00. The molecule has 0 saturated carbocycles. The van der Waals surface area contributed by atoms with Crippen molar-refractivity contribution in [3.05, 3.63) is 72.1 Å². The molecule has 1 aliphatic rings. The Morgan fingerprint density at radius 1 is 1.09 bits per heavy atom. The molecule has 0 saturated heterocycles. The number of rotatable bonds is 7. The number of hydrogen-bond donors (Lipinski definition) is 2. The molecule has 33 heavy (non-hydrogen) atoms. The van der Waals surface area contributed by atoms with Crippen molar-refractivity contribution >= 4 is 62.1 Å². The number of para-hydroxylation sites is 1. The summed E-state index contributed by atoms with van der Waals surface area (Å²) in [6, 6.07) is 19.0. The van der Waals surface area contributed by atoms with Crippen molar-refractivity contribution in [2.45, 2.75) is 27.7 Å². The second kappa shape index (κ2) is 9.77. The van der Waals surface area contributed by atoms with E-state index in [0.717, 1.165) is 16.2 Å². The van der Waals surface area contributed by atoms with Crippen LogP contribution in [0.15, 0.2) is 86.3 Å². The molecule has 1 unspecified atom stereocenters. The summed E-state index contributed by atoms with van der Waals surface area (Å²) in [5.74, 6) is -0.180. The molecule has 0 bridgehead atoms. The maximum Gasteiger partial charge on any atom is 0.271 e. The molecule has 1 aromatic heterocycles. The van der Waals surface area contributed by atoms with Gasteiger partial charge in [0.15, 0.2) is 0 Å². The fourth-order valence-corrected chi connectivity index (χ4v) is 5.91. The Morgan fingerprint density at radius 3 is 2.48 bits per heavy atom. The minimum absolute atomic E-state index is 0.0249. The summed E-state index contributed by atoms with van der Waals surface area (Å²) in [6.45, 7) is 1.75. The third-order valence-corrected chi connectivity index (χ3v) is 8.48.